The van der Waals surface area contributed by atoms with Crippen molar-refractivity contribution in [2.24, 2.45) is 7.05 Å². The van der Waals surface area contributed by atoms with Gasteiger partial charge in [-0.05, 0) is 12.8 Å². The van der Waals surface area contributed by atoms with E-state index in [-0.39, 0.29) is 6.10 Å². The normalized spacial score (nSPS) is 17.2. The molecule has 0 N–H and O–H groups in total. The van der Waals surface area contributed by atoms with E-state index in [2.05, 4.69) is 24.4 Å². The molecule has 20 heavy (non-hydrogen) atoms. The molecule has 1 aliphatic heterocycles. The van der Waals surface area contributed by atoms with E-state index in [1.165, 1.54) is 0 Å². The molecule has 6 nitrogen and oxygen atoms in total. The summed E-state index contributed by atoms with van der Waals surface area (Å²) < 4.78 is 7.91. The molecule has 1 fully saturated rings. The number of hydrogen-bond donors (Lipinski definition) is 0. The van der Waals surface area contributed by atoms with Crippen LogP contribution in [0.15, 0.2) is 31.0 Å². The Kier molecular flexibility index (Phi) is 3.92. The highest BCUT2D eigenvalue weighted by molar-refractivity contribution is 5.02. The van der Waals surface area contributed by atoms with E-state index in [1.807, 2.05) is 19.4 Å². The second kappa shape index (κ2) is 6.00. The predicted molar refractivity (Wildman–Crippen MR) is 74.2 cm³/mol. The largest absolute Gasteiger partial charge is 0.473 e. The molecule has 2 aromatic heterocycles. The van der Waals surface area contributed by atoms with Gasteiger partial charge in [0.1, 0.15) is 11.9 Å². The first-order chi connectivity index (χ1) is 9.81. The first-order valence-corrected chi connectivity index (χ1v) is 6.92. The summed E-state index contributed by atoms with van der Waals surface area (Å²) in [6.07, 6.45) is 11.1. The van der Waals surface area contributed by atoms with Gasteiger partial charge in [0.15, 0.2) is 0 Å². The van der Waals surface area contributed by atoms with E-state index in [4.69, 9.17) is 4.74 Å². The van der Waals surface area contributed by atoms with Crippen LogP contribution in [-0.2, 0) is 13.6 Å². The lowest BCUT2D eigenvalue weighted by atomic mass is 10.1. The molecule has 0 radical (unpaired) electrons. The lowest BCUT2D eigenvalue weighted by Gasteiger charge is -2.31. The van der Waals surface area contributed by atoms with E-state index in [0.717, 1.165) is 38.3 Å². The Morgan fingerprint density at radius 2 is 2.05 bits per heavy atom. The summed E-state index contributed by atoms with van der Waals surface area (Å²) in [4.78, 5) is 15.0. The summed E-state index contributed by atoms with van der Waals surface area (Å²) in [6.45, 7) is 2.96. The minimum atomic E-state index is 0.240. The predicted octanol–water partition coefficient (Wildman–Crippen LogP) is 1.25. The number of hydrogen-bond acceptors (Lipinski definition) is 5. The summed E-state index contributed by atoms with van der Waals surface area (Å²) in [7, 11) is 2.03. The summed E-state index contributed by atoms with van der Waals surface area (Å²) in [5, 5.41) is 0. The summed E-state index contributed by atoms with van der Waals surface area (Å²) >= 11 is 0. The zero-order valence-electron chi connectivity index (χ0n) is 11.6. The molecule has 0 atom stereocenters. The molecule has 106 valence electrons. The van der Waals surface area contributed by atoms with Crippen LogP contribution in [0.25, 0.3) is 0 Å². The lowest BCUT2D eigenvalue weighted by Crippen LogP contribution is -2.38. The molecule has 2 aromatic rings. The zero-order chi connectivity index (χ0) is 13.8. The van der Waals surface area contributed by atoms with Gasteiger partial charge in [-0.1, -0.05) is 0 Å². The van der Waals surface area contributed by atoms with Crippen LogP contribution in [-0.4, -0.2) is 43.6 Å². The van der Waals surface area contributed by atoms with Crippen LogP contribution in [0.3, 0.4) is 0 Å². The van der Waals surface area contributed by atoms with Gasteiger partial charge < -0.3 is 9.30 Å². The van der Waals surface area contributed by atoms with Crippen molar-refractivity contribution in [3.8, 4) is 5.88 Å². The average Bonchev–Trinajstić information content (AvgIpc) is 2.88. The van der Waals surface area contributed by atoms with E-state index in [0.29, 0.717) is 5.88 Å². The van der Waals surface area contributed by atoms with Crippen molar-refractivity contribution in [2.45, 2.75) is 25.5 Å². The molecule has 0 aromatic carbocycles. The highest BCUT2D eigenvalue weighted by Gasteiger charge is 2.21. The Morgan fingerprint density at radius 3 is 2.70 bits per heavy atom. The molecule has 1 saturated heterocycles. The second-order valence-electron chi connectivity index (χ2n) is 5.09. The molecule has 0 spiro atoms. The molecule has 0 bridgehead atoms. The van der Waals surface area contributed by atoms with Crippen LogP contribution < -0.4 is 4.74 Å². The maximum Gasteiger partial charge on any atom is 0.232 e. The minimum absolute atomic E-state index is 0.240. The lowest BCUT2D eigenvalue weighted by molar-refractivity contribution is 0.0911. The van der Waals surface area contributed by atoms with Gasteiger partial charge in [-0.25, -0.2) is 9.97 Å². The molecule has 1 aliphatic rings. The van der Waals surface area contributed by atoms with Crippen LogP contribution in [0.5, 0.6) is 5.88 Å². The minimum Gasteiger partial charge on any atom is -0.473 e. The maximum absolute atomic E-state index is 5.84. The third kappa shape index (κ3) is 3.14. The van der Waals surface area contributed by atoms with Gasteiger partial charge in [0.2, 0.25) is 5.88 Å². The summed E-state index contributed by atoms with van der Waals surface area (Å²) in [5.41, 5.74) is 0. The van der Waals surface area contributed by atoms with E-state index >= 15 is 0 Å². The van der Waals surface area contributed by atoms with Crippen molar-refractivity contribution in [1.29, 1.82) is 0 Å². The van der Waals surface area contributed by atoms with E-state index < -0.39 is 0 Å². The molecule has 6 heteroatoms. The molecule has 0 unspecified atom stereocenters. The quantitative estimate of drug-likeness (QED) is 0.839. The first-order valence-electron chi connectivity index (χ1n) is 6.92. The SMILES string of the molecule is Cn1ccnc1CN1CCC(Oc2cnccn2)CC1. The number of imidazole rings is 1. The van der Waals surface area contributed by atoms with Gasteiger partial charge in [0.05, 0.1) is 12.7 Å². The standard InChI is InChI=1S/C14H19N5O/c1-18-9-6-16-13(18)11-19-7-2-12(3-8-19)20-14-10-15-4-5-17-14/h4-6,9-10,12H,2-3,7-8,11H2,1H3. The Balaban J connectivity index is 1.49. The summed E-state index contributed by atoms with van der Waals surface area (Å²) in [5.74, 6) is 1.73. The molecule has 3 heterocycles. The molecule has 0 amide bonds. The highest BCUT2D eigenvalue weighted by Crippen LogP contribution is 2.17. The zero-order valence-corrected chi connectivity index (χ0v) is 11.6. The fourth-order valence-electron chi connectivity index (χ4n) is 2.45. The van der Waals surface area contributed by atoms with Crippen LogP contribution >= 0.6 is 0 Å². The van der Waals surface area contributed by atoms with Crippen LogP contribution in [0.1, 0.15) is 18.7 Å². The Labute approximate surface area is 118 Å². The fourth-order valence-corrected chi connectivity index (χ4v) is 2.45. The van der Waals surface area contributed by atoms with Crippen molar-refractivity contribution in [3.05, 3.63) is 36.8 Å². The van der Waals surface area contributed by atoms with Gasteiger partial charge in [-0.2, -0.15) is 0 Å². The number of ether oxygens (including phenoxy) is 1. The Morgan fingerprint density at radius 1 is 1.20 bits per heavy atom. The van der Waals surface area contributed by atoms with Crippen molar-refractivity contribution in [3.63, 3.8) is 0 Å². The molecule has 0 saturated carbocycles. The van der Waals surface area contributed by atoms with Gasteiger partial charge in [-0.15, -0.1) is 0 Å². The number of nitrogens with zero attached hydrogens (tertiary/aromatic N) is 5. The van der Waals surface area contributed by atoms with Gasteiger partial charge >= 0.3 is 0 Å². The third-order valence-electron chi connectivity index (χ3n) is 3.65. The molecular weight excluding hydrogens is 254 g/mol. The van der Waals surface area contributed by atoms with Crippen LogP contribution in [0, 0.1) is 0 Å². The monoisotopic (exact) mass is 273 g/mol. The number of aromatic nitrogens is 4. The van der Waals surface area contributed by atoms with Crippen molar-refractivity contribution in [1.82, 2.24) is 24.4 Å². The topological polar surface area (TPSA) is 56.1 Å². The molecular formula is C14H19N5O. The number of rotatable bonds is 4. The highest BCUT2D eigenvalue weighted by atomic mass is 16.5. The van der Waals surface area contributed by atoms with Crippen LogP contribution in [0.2, 0.25) is 0 Å². The Bertz CT molecular complexity index is 534. The van der Waals surface area contributed by atoms with Crippen LogP contribution in [0.4, 0.5) is 0 Å². The van der Waals surface area contributed by atoms with E-state index in [1.54, 1.807) is 18.6 Å². The fraction of sp³-hybridized carbons (Fsp3) is 0.500. The molecule has 0 aliphatic carbocycles. The number of piperidine rings is 1. The smallest absolute Gasteiger partial charge is 0.232 e. The molecule has 3 rings (SSSR count). The summed E-state index contributed by atoms with van der Waals surface area (Å²) in [6, 6.07) is 0. The van der Waals surface area contributed by atoms with Crippen molar-refractivity contribution >= 4 is 0 Å². The second-order valence-corrected chi connectivity index (χ2v) is 5.09. The van der Waals surface area contributed by atoms with Gasteiger partial charge in [0.25, 0.3) is 0 Å². The first kappa shape index (κ1) is 13.1. The number of likely N-dealkylation sites (tertiary alicyclic amines) is 1. The van der Waals surface area contributed by atoms with Gasteiger partial charge in [0, 0.05) is 44.9 Å². The van der Waals surface area contributed by atoms with Crippen molar-refractivity contribution in [2.75, 3.05) is 13.1 Å². The van der Waals surface area contributed by atoms with Gasteiger partial charge in [-0.3, -0.25) is 9.88 Å². The number of aryl methyl sites for hydroxylation is 1. The maximum atomic E-state index is 5.84. The third-order valence-corrected chi connectivity index (χ3v) is 3.65. The average molecular weight is 273 g/mol. The Hall–Kier alpha value is -1.95. The van der Waals surface area contributed by atoms with E-state index in [9.17, 15) is 0 Å². The van der Waals surface area contributed by atoms with Crippen molar-refractivity contribution < 1.29 is 4.74 Å².